The first kappa shape index (κ1) is 15.7. The van der Waals surface area contributed by atoms with Crippen molar-refractivity contribution >= 4 is 17.7 Å². The predicted octanol–water partition coefficient (Wildman–Crippen LogP) is 1.51. The van der Waals surface area contributed by atoms with Gasteiger partial charge >= 0.3 is 5.97 Å². The minimum atomic E-state index is -0.701. The summed E-state index contributed by atoms with van der Waals surface area (Å²) in [7, 11) is 0. The first-order valence-corrected chi connectivity index (χ1v) is 7.53. The average Bonchev–Trinajstić information content (AvgIpc) is 2.99. The van der Waals surface area contributed by atoms with Gasteiger partial charge in [-0.15, -0.1) is 0 Å². The molecule has 0 saturated carbocycles. The van der Waals surface area contributed by atoms with Crippen molar-refractivity contribution in [1.29, 1.82) is 0 Å². The monoisotopic (exact) mass is 327 g/mol. The Labute approximate surface area is 137 Å². The van der Waals surface area contributed by atoms with E-state index in [1.54, 1.807) is 6.92 Å². The maximum Gasteiger partial charge on any atom is 0.345 e. The number of carbonyl (C=O) groups is 1. The molecule has 0 unspecified atom stereocenters. The third-order valence-corrected chi connectivity index (χ3v) is 3.45. The molecule has 2 heterocycles. The molecule has 0 saturated heterocycles. The highest BCUT2D eigenvalue weighted by Crippen LogP contribution is 2.07. The number of nitrogens with zero attached hydrogens (tertiary/aromatic N) is 3. The Hall–Kier alpha value is -3.16. The second-order valence-electron chi connectivity index (χ2n) is 5.24. The smallest absolute Gasteiger partial charge is 0.345 e. The lowest BCUT2D eigenvalue weighted by Crippen LogP contribution is -2.24. The van der Waals surface area contributed by atoms with Gasteiger partial charge in [0.25, 0.3) is 11.3 Å². The summed E-state index contributed by atoms with van der Waals surface area (Å²) in [5.74, 6) is -0.131. The molecule has 0 spiro atoms. The predicted molar refractivity (Wildman–Crippen MR) is 88.1 cm³/mol. The van der Waals surface area contributed by atoms with Gasteiger partial charge in [-0.2, -0.15) is 9.50 Å². The maximum atomic E-state index is 12.3. The number of nitrogens with one attached hydrogen (secondary N) is 2. The van der Waals surface area contributed by atoms with Crippen molar-refractivity contribution in [2.24, 2.45) is 0 Å². The lowest BCUT2D eigenvalue weighted by atomic mass is 10.1. The molecule has 8 heteroatoms. The molecule has 2 N–H and O–H groups in total. The summed E-state index contributed by atoms with van der Waals surface area (Å²) < 4.78 is 5.95. The van der Waals surface area contributed by atoms with Crippen LogP contribution in [-0.2, 0) is 11.3 Å². The molecule has 0 bridgehead atoms. The van der Waals surface area contributed by atoms with E-state index in [-0.39, 0.29) is 17.9 Å². The van der Waals surface area contributed by atoms with Crippen LogP contribution < -0.4 is 10.9 Å². The van der Waals surface area contributed by atoms with Crippen LogP contribution >= 0.6 is 0 Å². The summed E-state index contributed by atoms with van der Waals surface area (Å²) in [4.78, 5) is 32.2. The number of benzene rings is 1. The van der Waals surface area contributed by atoms with Gasteiger partial charge in [0.05, 0.1) is 12.8 Å². The molecule has 124 valence electrons. The third kappa shape index (κ3) is 3.12. The van der Waals surface area contributed by atoms with E-state index in [0.717, 1.165) is 10.1 Å². The highest BCUT2D eigenvalue weighted by atomic mass is 16.5. The van der Waals surface area contributed by atoms with Gasteiger partial charge in [0.1, 0.15) is 5.56 Å². The first-order chi connectivity index (χ1) is 11.6. The van der Waals surface area contributed by atoms with Gasteiger partial charge in [-0.1, -0.05) is 29.8 Å². The maximum absolute atomic E-state index is 12.3. The van der Waals surface area contributed by atoms with E-state index in [9.17, 15) is 9.59 Å². The summed E-state index contributed by atoms with van der Waals surface area (Å²) in [6.45, 7) is 4.42. The Morgan fingerprint density at radius 3 is 2.79 bits per heavy atom. The van der Waals surface area contributed by atoms with Gasteiger partial charge in [0, 0.05) is 6.54 Å². The third-order valence-electron chi connectivity index (χ3n) is 3.45. The number of aromatic nitrogens is 4. The van der Waals surface area contributed by atoms with Crippen LogP contribution in [0.3, 0.4) is 0 Å². The number of esters is 1. The van der Waals surface area contributed by atoms with Gasteiger partial charge in [-0.3, -0.25) is 9.89 Å². The van der Waals surface area contributed by atoms with Crippen LogP contribution in [0, 0.1) is 6.92 Å². The lowest BCUT2D eigenvalue weighted by Gasteiger charge is -2.02. The zero-order valence-corrected chi connectivity index (χ0v) is 13.4. The summed E-state index contributed by atoms with van der Waals surface area (Å²) in [6, 6.07) is 8.06. The van der Waals surface area contributed by atoms with Crippen molar-refractivity contribution in [2.45, 2.75) is 20.4 Å². The number of hydrogen-bond acceptors (Lipinski definition) is 6. The van der Waals surface area contributed by atoms with Crippen LogP contribution in [0.5, 0.6) is 0 Å². The van der Waals surface area contributed by atoms with Crippen molar-refractivity contribution in [1.82, 2.24) is 19.6 Å². The summed E-state index contributed by atoms with van der Waals surface area (Å²) >= 11 is 0. The Morgan fingerprint density at radius 2 is 2.08 bits per heavy atom. The fourth-order valence-electron chi connectivity index (χ4n) is 2.18. The molecule has 24 heavy (non-hydrogen) atoms. The van der Waals surface area contributed by atoms with Gasteiger partial charge in [-0.25, -0.2) is 9.78 Å². The zero-order chi connectivity index (χ0) is 17.1. The number of anilines is 1. The Kier molecular flexibility index (Phi) is 4.28. The van der Waals surface area contributed by atoms with E-state index < -0.39 is 11.5 Å². The van der Waals surface area contributed by atoms with E-state index in [0.29, 0.717) is 12.5 Å². The molecule has 0 radical (unpaired) electrons. The van der Waals surface area contributed by atoms with Crippen LogP contribution in [-0.4, -0.2) is 32.2 Å². The molecule has 0 atom stereocenters. The van der Waals surface area contributed by atoms with Crippen LogP contribution in [0.1, 0.15) is 28.4 Å². The van der Waals surface area contributed by atoms with E-state index >= 15 is 0 Å². The van der Waals surface area contributed by atoms with Crippen molar-refractivity contribution in [2.75, 3.05) is 11.9 Å². The number of aromatic amines is 1. The molecule has 0 aliphatic heterocycles. The highest BCUT2D eigenvalue weighted by Gasteiger charge is 2.16. The molecular formula is C16H17N5O3. The molecule has 0 aliphatic rings. The summed E-state index contributed by atoms with van der Waals surface area (Å²) in [5.41, 5.74) is 1.58. The number of rotatable bonds is 5. The van der Waals surface area contributed by atoms with Crippen LogP contribution in [0.15, 0.2) is 35.3 Å². The first-order valence-electron chi connectivity index (χ1n) is 7.53. The highest BCUT2D eigenvalue weighted by molar-refractivity contribution is 5.88. The second-order valence-corrected chi connectivity index (χ2v) is 5.24. The number of fused-ring (bicyclic) bond motifs is 1. The summed E-state index contributed by atoms with van der Waals surface area (Å²) in [6.07, 6.45) is 1.18. The fourth-order valence-corrected chi connectivity index (χ4v) is 2.18. The number of H-pyrrole nitrogens is 1. The number of aryl methyl sites for hydroxylation is 1. The van der Waals surface area contributed by atoms with Gasteiger partial charge in [0.2, 0.25) is 5.95 Å². The van der Waals surface area contributed by atoms with Crippen molar-refractivity contribution in [3.05, 3.63) is 57.5 Å². The van der Waals surface area contributed by atoms with E-state index in [1.807, 2.05) is 31.2 Å². The second kappa shape index (κ2) is 6.53. The molecule has 3 aromatic rings. The van der Waals surface area contributed by atoms with Crippen LogP contribution in [0.2, 0.25) is 0 Å². The number of hydrogen-bond donors (Lipinski definition) is 2. The standard InChI is InChI=1S/C16H17N5O3/c1-3-24-14(23)12-9-18-16-19-15(20-21(16)13(12)22)17-8-11-6-4-10(2)5-7-11/h4-7,9H,3,8H2,1-2H3,(H2,17,18,19,20). The molecule has 2 aromatic heterocycles. The molecule has 0 amide bonds. The SMILES string of the molecule is CCOC(=O)c1cnc2nc(NCc3ccc(C)cc3)[nH]n2c1=O. The quantitative estimate of drug-likeness (QED) is 0.689. The fraction of sp³-hybridized carbons (Fsp3) is 0.250. The molecule has 3 rings (SSSR count). The lowest BCUT2D eigenvalue weighted by molar-refractivity contribution is 0.0523. The zero-order valence-electron chi connectivity index (χ0n) is 13.4. The Bertz CT molecular complexity index is 927. The Morgan fingerprint density at radius 1 is 1.33 bits per heavy atom. The van der Waals surface area contributed by atoms with E-state index in [2.05, 4.69) is 20.4 Å². The van der Waals surface area contributed by atoms with Crippen molar-refractivity contribution in [3.8, 4) is 0 Å². The van der Waals surface area contributed by atoms with Gasteiger partial charge < -0.3 is 10.1 Å². The molecule has 0 aliphatic carbocycles. The molecule has 0 fully saturated rings. The minimum absolute atomic E-state index is 0.136. The Balaban J connectivity index is 1.83. The normalized spacial score (nSPS) is 10.8. The van der Waals surface area contributed by atoms with Crippen LogP contribution in [0.25, 0.3) is 5.78 Å². The minimum Gasteiger partial charge on any atom is -0.462 e. The number of carbonyl (C=O) groups excluding carboxylic acids is 1. The van der Waals surface area contributed by atoms with Crippen molar-refractivity contribution in [3.63, 3.8) is 0 Å². The van der Waals surface area contributed by atoms with Crippen molar-refractivity contribution < 1.29 is 9.53 Å². The largest absolute Gasteiger partial charge is 0.462 e. The van der Waals surface area contributed by atoms with E-state index in [4.69, 9.17) is 4.74 Å². The average molecular weight is 327 g/mol. The topological polar surface area (TPSA) is 101 Å². The molecule has 8 nitrogen and oxygen atoms in total. The van der Waals surface area contributed by atoms with E-state index in [1.165, 1.54) is 11.8 Å². The van der Waals surface area contributed by atoms with Gasteiger partial charge in [-0.05, 0) is 19.4 Å². The van der Waals surface area contributed by atoms with Crippen LogP contribution in [0.4, 0.5) is 5.95 Å². The van der Waals surface area contributed by atoms with Gasteiger partial charge in [0.15, 0.2) is 0 Å². The summed E-state index contributed by atoms with van der Waals surface area (Å²) in [5, 5.41) is 5.88. The number of ether oxygens (including phenoxy) is 1. The molecular weight excluding hydrogens is 310 g/mol. The molecule has 1 aromatic carbocycles.